The van der Waals surface area contributed by atoms with Gasteiger partial charge in [-0.3, -0.25) is 0 Å². The third kappa shape index (κ3) is 6.07. The van der Waals surface area contributed by atoms with Crippen LogP contribution in [0.5, 0.6) is 0 Å². The van der Waals surface area contributed by atoms with Crippen molar-refractivity contribution in [3.8, 4) is 0 Å². The summed E-state index contributed by atoms with van der Waals surface area (Å²) in [6.07, 6.45) is -4.67. The number of nitrogens with one attached hydrogen (secondary N) is 1. The molecule has 0 saturated carbocycles. The van der Waals surface area contributed by atoms with E-state index in [1.165, 1.54) is 0 Å². The van der Waals surface area contributed by atoms with E-state index < -0.39 is 12.6 Å². The maximum Gasteiger partial charge on any atom is 0.389 e. The van der Waals surface area contributed by atoms with Gasteiger partial charge in [-0.05, 0) is 37.6 Å². The molecule has 0 unspecified atom stereocenters. The number of hydrogen-bond acceptors (Lipinski definition) is 1. The lowest BCUT2D eigenvalue weighted by Gasteiger charge is -2.14. The van der Waals surface area contributed by atoms with Crippen LogP contribution in [0.3, 0.4) is 0 Å². The Bertz CT molecular complexity index is 335. The molecule has 0 aliphatic heterocycles. The molecule has 0 fully saturated rings. The van der Waals surface area contributed by atoms with Gasteiger partial charge in [0.05, 0.1) is 0 Å². The predicted molar refractivity (Wildman–Crippen MR) is 65.8 cm³/mol. The Kier molecular flexibility index (Phi) is 5.46. The average Bonchev–Trinajstić information content (AvgIpc) is 2.24. The fourth-order valence-electron chi connectivity index (χ4n) is 1.48. The quantitative estimate of drug-likeness (QED) is 0.793. The molecule has 0 radical (unpaired) electrons. The molecule has 0 bridgehead atoms. The minimum atomic E-state index is -4.05. The van der Waals surface area contributed by atoms with Crippen molar-refractivity contribution in [3.63, 3.8) is 0 Å². The topological polar surface area (TPSA) is 12.0 Å². The second-order valence-electron chi connectivity index (χ2n) is 3.95. The molecule has 0 saturated heterocycles. The van der Waals surface area contributed by atoms with Crippen molar-refractivity contribution in [2.75, 3.05) is 6.54 Å². The third-order valence-electron chi connectivity index (χ3n) is 2.46. The molecular weight excluding hydrogens is 295 g/mol. The van der Waals surface area contributed by atoms with Crippen LogP contribution in [0.25, 0.3) is 0 Å². The molecule has 5 heteroatoms. The van der Waals surface area contributed by atoms with Crippen LogP contribution in [0.15, 0.2) is 28.7 Å². The Morgan fingerprint density at radius 1 is 1.24 bits per heavy atom. The maximum atomic E-state index is 11.9. The lowest BCUT2D eigenvalue weighted by molar-refractivity contribution is -0.135. The standard InChI is InChI=1S/C12H15BrF3N/c1-9(10-3-5-11(13)6-4-10)17-8-2-7-12(14,15)16/h3-6,9,17H,2,7-8H2,1H3/t9-/m0/s1. The summed E-state index contributed by atoms with van der Waals surface area (Å²) < 4.78 is 36.7. The number of alkyl halides is 3. The summed E-state index contributed by atoms with van der Waals surface area (Å²) in [7, 11) is 0. The first kappa shape index (κ1) is 14.5. The van der Waals surface area contributed by atoms with Crippen LogP contribution < -0.4 is 5.32 Å². The molecule has 96 valence electrons. The van der Waals surface area contributed by atoms with Gasteiger partial charge in [0.15, 0.2) is 0 Å². The molecule has 1 nitrogen and oxygen atoms in total. The fraction of sp³-hybridized carbons (Fsp3) is 0.500. The second kappa shape index (κ2) is 6.40. The van der Waals surface area contributed by atoms with Gasteiger partial charge in [0.25, 0.3) is 0 Å². The largest absolute Gasteiger partial charge is 0.389 e. The molecule has 0 amide bonds. The first-order valence-electron chi connectivity index (χ1n) is 5.44. The molecule has 1 rings (SSSR count). The Morgan fingerprint density at radius 3 is 2.35 bits per heavy atom. The van der Waals surface area contributed by atoms with E-state index >= 15 is 0 Å². The SMILES string of the molecule is C[C@H](NCCCC(F)(F)F)c1ccc(Br)cc1. The van der Waals surface area contributed by atoms with Crippen molar-refractivity contribution < 1.29 is 13.2 Å². The van der Waals surface area contributed by atoms with Crippen LogP contribution in [0.4, 0.5) is 13.2 Å². The van der Waals surface area contributed by atoms with Crippen molar-refractivity contribution in [2.45, 2.75) is 32.0 Å². The van der Waals surface area contributed by atoms with Crippen molar-refractivity contribution in [3.05, 3.63) is 34.3 Å². The molecular formula is C12H15BrF3N. The zero-order valence-electron chi connectivity index (χ0n) is 9.52. The van der Waals surface area contributed by atoms with Crippen molar-refractivity contribution >= 4 is 15.9 Å². The Labute approximate surface area is 108 Å². The summed E-state index contributed by atoms with van der Waals surface area (Å²) in [5.41, 5.74) is 1.07. The number of hydrogen-bond donors (Lipinski definition) is 1. The summed E-state index contributed by atoms with van der Waals surface area (Å²) in [6, 6.07) is 7.81. The Morgan fingerprint density at radius 2 is 1.82 bits per heavy atom. The highest BCUT2D eigenvalue weighted by molar-refractivity contribution is 9.10. The average molecular weight is 310 g/mol. The molecule has 1 N–H and O–H groups in total. The van der Waals surface area contributed by atoms with Gasteiger partial charge in [0.1, 0.15) is 0 Å². The number of benzene rings is 1. The first-order chi connectivity index (χ1) is 7.88. The van der Waals surface area contributed by atoms with Crippen LogP contribution in [0.2, 0.25) is 0 Å². The van der Waals surface area contributed by atoms with E-state index in [9.17, 15) is 13.2 Å². The summed E-state index contributed by atoms with van der Waals surface area (Å²) >= 11 is 3.33. The van der Waals surface area contributed by atoms with Gasteiger partial charge in [0, 0.05) is 16.9 Å². The highest BCUT2D eigenvalue weighted by atomic mass is 79.9. The summed E-state index contributed by atoms with van der Waals surface area (Å²) in [6.45, 7) is 2.31. The molecule has 0 spiro atoms. The fourth-order valence-corrected chi connectivity index (χ4v) is 1.74. The lowest BCUT2D eigenvalue weighted by Crippen LogP contribution is -2.21. The van der Waals surface area contributed by atoms with E-state index in [1.54, 1.807) is 0 Å². The number of halogens is 4. The zero-order chi connectivity index (χ0) is 12.9. The Balaban J connectivity index is 2.30. The highest BCUT2D eigenvalue weighted by Gasteiger charge is 2.25. The predicted octanol–water partition coefficient (Wildman–Crippen LogP) is 4.44. The van der Waals surface area contributed by atoms with E-state index in [0.29, 0.717) is 6.54 Å². The molecule has 0 aliphatic rings. The number of rotatable bonds is 5. The smallest absolute Gasteiger partial charge is 0.310 e. The third-order valence-corrected chi connectivity index (χ3v) is 2.99. The highest BCUT2D eigenvalue weighted by Crippen LogP contribution is 2.21. The monoisotopic (exact) mass is 309 g/mol. The Hall–Kier alpha value is -0.550. The zero-order valence-corrected chi connectivity index (χ0v) is 11.1. The van der Waals surface area contributed by atoms with Crippen LogP contribution >= 0.6 is 15.9 Å². The maximum absolute atomic E-state index is 11.9. The van der Waals surface area contributed by atoms with E-state index in [2.05, 4.69) is 21.2 Å². The molecule has 0 heterocycles. The van der Waals surface area contributed by atoms with Gasteiger partial charge in [-0.1, -0.05) is 28.1 Å². The van der Waals surface area contributed by atoms with Gasteiger partial charge < -0.3 is 5.32 Å². The van der Waals surface area contributed by atoms with E-state index in [-0.39, 0.29) is 12.5 Å². The summed E-state index contributed by atoms with van der Waals surface area (Å²) in [4.78, 5) is 0. The molecule has 0 aliphatic carbocycles. The molecule has 1 aromatic carbocycles. The van der Waals surface area contributed by atoms with Gasteiger partial charge in [-0.15, -0.1) is 0 Å². The molecule has 17 heavy (non-hydrogen) atoms. The molecule has 1 atom stereocenters. The molecule has 0 aromatic heterocycles. The molecule has 1 aromatic rings. The van der Waals surface area contributed by atoms with Crippen LogP contribution in [-0.4, -0.2) is 12.7 Å². The van der Waals surface area contributed by atoms with Crippen LogP contribution in [-0.2, 0) is 0 Å². The van der Waals surface area contributed by atoms with Gasteiger partial charge in [-0.2, -0.15) is 13.2 Å². The van der Waals surface area contributed by atoms with E-state index in [1.807, 2.05) is 31.2 Å². The minimum absolute atomic E-state index is 0.0660. The van der Waals surface area contributed by atoms with Crippen molar-refractivity contribution in [1.82, 2.24) is 5.32 Å². The van der Waals surface area contributed by atoms with Crippen LogP contribution in [0.1, 0.15) is 31.4 Å². The van der Waals surface area contributed by atoms with Crippen molar-refractivity contribution in [2.24, 2.45) is 0 Å². The van der Waals surface area contributed by atoms with E-state index in [0.717, 1.165) is 10.0 Å². The van der Waals surface area contributed by atoms with Crippen molar-refractivity contribution in [1.29, 1.82) is 0 Å². The lowest BCUT2D eigenvalue weighted by atomic mass is 10.1. The normalized spacial score (nSPS) is 13.7. The van der Waals surface area contributed by atoms with Crippen LogP contribution in [0, 0.1) is 0 Å². The summed E-state index contributed by atoms with van der Waals surface area (Å²) in [5.74, 6) is 0. The summed E-state index contributed by atoms with van der Waals surface area (Å²) in [5, 5.41) is 3.08. The first-order valence-corrected chi connectivity index (χ1v) is 6.23. The van der Waals surface area contributed by atoms with Gasteiger partial charge >= 0.3 is 6.18 Å². The van der Waals surface area contributed by atoms with E-state index in [4.69, 9.17) is 0 Å². The van der Waals surface area contributed by atoms with Gasteiger partial charge in [0.2, 0.25) is 0 Å². The second-order valence-corrected chi connectivity index (χ2v) is 4.86. The minimum Gasteiger partial charge on any atom is -0.310 e. The van der Waals surface area contributed by atoms with Gasteiger partial charge in [-0.25, -0.2) is 0 Å².